The zero-order chi connectivity index (χ0) is 9.84. The Bertz CT molecular complexity index is 305. The van der Waals surface area contributed by atoms with Crippen LogP contribution >= 0.6 is 0 Å². The third kappa shape index (κ3) is 2.15. The molecule has 0 saturated heterocycles. The number of hydrogen-bond acceptors (Lipinski definition) is 2. The smallest absolute Gasteiger partial charge is 0.230 e. The highest BCUT2D eigenvalue weighted by Crippen LogP contribution is 2.12. The Kier molecular flexibility index (Phi) is 2.80. The van der Waals surface area contributed by atoms with Crippen molar-refractivity contribution >= 4 is 17.5 Å². The van der Waals surface area contributed by atoms with Crippen LogP contribution in [-0.4, -0.2) is 11.8 Å². The number of anilines is 1. The van der Waals surface area contributed by atoms with Crippen LogP contribution in [0.1, 0.15) is 13.8 Å². The van der Waals surface area contributed by atoms with Gasteiger partial charge in [-0.25, -0.2) is 0 Å². The lowest BCUT2D eigenvalue weighted by Gasteiger charge is -2.16. The lowest BCUT2D eigenvalue weighted by molar-refractivity contribution is -0.124. The number of benzene rings is 1. The van der Waals surface area contributed by atoms with Gasteiger partial charge in [0, 0.05) is 19.9 Å². The van der Waals surface area contributed by atoms with Crippen LogP contribution in [0.15, 0.2) is 24.3 Å². The molecular weight excluding hydrogens is 166 g/mol. The van der Waals surface area contributed by atoms with E-state index in [0.717, 1.165) is 4.90 Å². The number of carbonyl (C=O) groups is 2. The standard InChI is InChI=1S/C10H10NO2/c1-8(12)11(9(2)13)10-6-4-3-5-7-10/h3-6H,1-2H3. The van der Waals surface area contributed by atoms with E-state index in [1.54, 1.807) is 24.3 Å². The van der Waals surface area contributed by atoms with E-state index >= 15 is 0 Å². The first-order chi connectivity index (χ1) is 6.13. The van der Waals surface area contributed by atoms with Crippen LogP contribution in [0.5, 0.6) is 0 Å². The molecule has 0 atom stereocenters. The molecule has 0 saturated carbocycles. The Hall–Kier alpha value is -1.64. The summed E-state index contributed by atoms with van der Waals surface area (Å²) in [7, 11) is 0. The molecule has 3 nitrogen and oxygen atoms in total. The van der Waals surface area contributed by atoms with Crippen molar-refractivity contribution in [1.29, 1.82) is 0 Å². The first-order valence-corrected chi connectivity index (χ1v) is 3.91. The summed E-state index contributed by atoms with van der Waals surface area (Å²) in [6.45, 7) is 2.70. The van der Waals surface area contributed by atoms with Gasteiger partial charge in [0.15, 0.2) is 0 Å². The molecule has 0 aliphatic rings. The van der Waals surface area contributed by atoms with Gasteiger partial charge in [-0.05, 0) is 6.07 Å². The number of carbonyl (C=O) groups excluding carboxylic acids is 2. The molecule has 13 heavy (non-hydrogen) atoms. The Morgan fingerprint density at radius 2 is 1.85 bits per heavy atom. The maximum atomic E-state index is 11.1. The second-order valence-electron chi connectivity index (χ2n) is 2.62. The minimum atomic E-state index is -0.296. The number of amides is 2. The van der Waals surface area contributed by atoms with Gasteiger partial charge in [-0.3, -0.25) is 14.5 Å². The number of nitrogens with zero attached hydrogens (tertiary/aromatic N) is 1. The molecular formula is C10H10NO2. The van der Waals surface area contributed by atoms with E-state index in [1.165, 1.54) is 13.8 Å². The zero-order valence-electron chi connectivity index (χ0n) is 7.57. The average molecular weight is 176 g/mol. The third-order valence-corrected chi connectivity index (χ3v) is 1.56. The normalized spacial score (nSPS) is 9.38. The Labute approximate surface area is 77.0 Å². The summed E-state index contributed by atoms with van der Waals surface area (Å²) in [5.74, 6) is -0.593. The Morgan fingerprint density at radius 3 is 2.23 bits per heavy atom. The molecule has 3 heteroatoms. The fourth-order valence-electron chi connectivity index (χ4n) is 1.08. The predicted octanol–water partition coefficient (Wildman–Crippen LogP) is 1.39. The van der Waals surface area contributed by atoms with E-state index in [9.17, 15) is 9.59 Å². The first kappa shape index (κ1) is 9.45. The highest BCUT2D eigenvalue weighted by atomic mass is 16.2. The molecule has 0 fully saturated rings. The third-order valence-electron chi connectivity index (χ3n) is 1.56. The molecule has 1 radical (unpaired) electrons. The molecule has 67 valence electrons. The van der Waals surface area contributed by atoms with E-state index in [0.29, 0.717) is 5.69 Å². The second kappa shape index (κ2) is 3.85. The van der Waals surface area contributed by atoms with Crippen molar-refractivity contribution in [3.05, 3.63) is 30.3 Å². The van der Waals surface area contributed by atoms with E-state index < -0.39 is 0 Å². The van der Waals surface area contributed by atoms with Gasteiger partial charge in [0.25, 0.3) is 0 Å². The highest BCUT2D eigenvalue weighted by molar-refractivity contribution is 6.12. The second-order valence-corrected chi connectivity index (χ2v) is 2.62. The molecule has 0 aromatic heterocycles. The molecule has 1 rings (SSSR count). The summed E-state index contributed by atoms with van der Waals surface area (Å²) >= 11 is 0. The molecule has 0 heterocycles. The van der Waals surface area contributed by atoms with E-state index in [1.807, 2.05) is 0 Å². The van der Waals surface area contributed by atoms with E-state index in [2.05, 4.69) is 6.07 Å². The summed E-state index contributed by atoms with van der Waals surface area (Å²) < 4.78 is 0. The monoisotopic (exact) mass is 176 g/mol. The maximum Gasteiger partial charge on any atom is 0.230 e. The summed E-state index contributed by atoms with van der Waals surface area (Å²) in [4.78, 5) is 23.2. The van der Waals surface area contributed by atoms with Gasteiger partial charge in [0.2, 0.25) is 11.8 Å². The van der Waals surface area contributed by atoms with Crippen molar-refractivity contribution in [2.75, 3.05) is 4.90 Å². The molecule has 0 unspecified atom stereocenters. The molecule has 0 aliphatic heterocycles. The average Bonchev–Trinajstić information content (AvgIpc) is 2.04. The minimum Gasteiger partial charge on any atom is -0.274 e. The van der Waals surface area contributed by atoms with Crippen molar-refractivity contribution in [3.8, 4) is 0 Å². The molecule has 0 bridgehead atoms. The fourth-order valence-corrected chi connectivity index (χ4v) is 1.08. The van der Waals surface area contributed by atoms with Gasteiger partial charge in [0.1, 0.15) is 0 Å². The molecule has 2 amide bonds. The Morgan fingerprint density at radius 1 is 1.23 bits per heavy atom. The summed E-state index contributed by atoms with van der Waals surface area (Å²) in [6.07, 6.45) is 0. The first-order valence-electron chi connectivity index (χ1n) is 3.91. The van der Waals surface area contributed by atoms with Gasteiger partial charge in [-0.2, -0.15) is 0 Å². The van der Waals surface area contributed by atoms with Gasteiger partial charge >= 0.3 is 0 Å². The van der Waals surface area contributed by atoms with Gasteiger partial charge < -0.3 is 0 Å². The summed E-state index contributed by atoms with van der Waals surface area (Å²) in [5, 5.41) is 0. The summed E-state index contributed by atoms with van der Waals surface area (Å²) in [5.41, 5.74) is 0.488. The Balaban J connectivity index is 3.03. The maximum absolute atomic E-state index is 11.1. The van der Waals surface area contributed by atoms with Crippen molar-refractivity contribution in [2.24, 2.45) is 0 Å². The number of rotatable bonds is 1. The highest BCUT2D eigenvalue weighted by Gasteiger charge is 2.14. The van der Waals surface area contributed by atoms with Crippen molar-refractivity contribution in [1.82, 2.24) is 0 Å². The fraction of sp³-hybridized carbons (Fsp3) is 0.200. The summed E-state index contributed by atoms with van der Waals surface area (Å²) in [6, 6.07) is 9.68. The van der Waals surface area contributed by atoms with Crippen molar-refractivity contribution in [2.45, 2.75) is 13.8 Å². The minimum absolute atomic E-state index is 0.296. The molecule has 0 aliphatic carbocycles. The van der Waals surface area contributed by atoms with Crippen LogP contribution in [0.2, 0.25) is 0 Å². The largest absolute Gasteiger partial charge is 0.274 e. The van der Waals surface area contributed by atoms with Crippen LogP contribution in [0.25, 0.3) is 0 Å². The molecule has 1 aromatic carbocycles. The SMILES string of the molecule is CC(=O)N(C(C)=O)c1[c]cccc1. The van der Waals surface area contributed by atoms with Gasteiger partial charge in [-0.1, -0.05) is 18.2 Å². The lowest BCUT2D eigenvalue weighted by atomic mass is 10.3. The molecule has 0 N–H and O–H groups in total. The van der Waals surface area contributed by atoms with Gasteiger partial charge in [-0.15, -0.1) is 0 Å². The molecule has 0 spiro atoms. The quantitative estimate of drug-likeness (QED) is 0.648. The number of hydrogen-bond donors (Lipinski definition) is 0. The number of para-hydroxylation sites is 1. The predicted molar refractivity (Wildman–Crippen MR) is 49.1 cm³/mol. The van der Waals surface area contributed by atoms with Crippen LogP contribution in [0.3, 0.4) is 0 Å². The van der Waals surface area contributed by atoms with E-state index in [4.69, 9.17) is 0 Å². The van der Waals surface area contributed by atoms with Crippen LogP contribution in [0, 0.1) is 6.07 Å². The van der Waals surface area contributed by atoms with Crippen molar-refractivity contribution < 1.29 is 9.59 Å². The topological polar surface area (TPSA) is 37.4 Å². The van der Waals surface area contributed by atoms with E-state index in [-0.39, 0.29) is 11.8 Å². The van der Waals surface area contributed by atoms with Crippen LogP contribution < -0.4 is 4.90 Å². The van der Waals surface area contributed by atoms with Gasteiger partial charge in [0.05, 0.1) is 5.69 Å². The zero-order valence-corrected chi connectivity index (χ0v) is 7.57. The van der Waals surface area contributed by atoms with Crippen LogP contribution in [0.4, 0.5) is 5.69 Å². The van der Waals surface area contributed by atoms with Crippen LogP contribution in [-0.2, 0) is 9.59 Å². The lowest BCUT2D eigenvalue weighted by Crippen LogP contribution is -2.32. The molecule has 1 aromatic rings. The number of imide groups is 1. The van der Waals surface area contributed by atoms with Crippen molar-refractivity contribution in [3.63, 3.8) is 0 Å².